The molecule has 0 fully saturated rings. The van der Waals surface area contributed by atoms with Crippen LogP contribution in [0.25, 0.3) is 27.5 Å². The molecule has 0 spiro atoms. The molecule has 4 aromatic rings. The van der Waals surface area contributed by atoms with E-state index in [-0.39, 0.29) is 0 Å². The van der Waals surface area contributed by atoms with Crippen molar-refractivity contribution in [3.05, 3.63) is 72.9 Å². The number of hydrogen-bond acceptors (Lipinski definition) is 1. The van der Waals surface area contributed by atoms with Gasteiger partial charge in [-0.15, -0.1) is 0 Å². The summed E-state index contributed by atoms with van der Waals surface area (Å²) < 4.78 is 1.95. The van der Waals surface area contributed by atoms with Crippen molar-refractivity contribution in [3.63, 3.8) is 0 Å². The van der Waals surface area contributed by atoms with E-state index in [1.807, 2.05) is 28.9 Å². The zero-order chi connectivity index (χ0) is 12.7. The van der Waals surface area contributed by atoms with Crippen molar-refractivity contribution in [1.29, 1.82) is 0 Å². The van der Waals surface area contributed by atoms with Crippen molar-refractivity contribution in [1.82, 2.24) is 9.61 Å². The normalized spacial score (nSPS) is 11.2. The molecule has 0 saturated carbocycles. The zero-order valence-corrected chi connectivity index (χ0v) is 10.3. The number of benzene rings is 2. The van der Waals surface area contributed by atoms with Crippen LogP contribution in [0.1, 0.15) is 0 Å². The van der Waals surface area contributed by atoms with E-state index in [1.54, 1.807) is 0 Å². The molecule has 19 heavy (non-hydrogen) atoms. The Morgan fingerprint density at radius 1 is 0.789 bits per heavy atom. The van der Waals surface area contributed by atoms with Crippen LogP contribution in [0, 0.1) is 0 Å². The average Bonchev–Trinajstić information content (AvgIpc) is 2.93. The van der Waals surface area contributed by atoms with Crippen LogP contribution in [0.2, 0.25) is 0 Å². The lowest BCUT2D eigenvalue weighted by molar-refractivity contribution is 0.971. The smallest absolute Gasteiger partial charge is 0.0933 e. The SMILES string of the molecule is c1ccc(-c2cc3c4ccccc4ccn3n2)cc1. The predicted molar refractivity (Wildman–Crippen MR) is 78.1 cm³/mol. The molecule has 0 aliphatic heterocycles. The van der Waals surface area contributed by atoms with E-state index >= 15 is 0 Å². The molecule has 2 nitrogen and oxygen atoms in total. The molecule has 0 radical (unpaired) electrons. The van der Waals surface area contributed by atoms with Gasteiger partial charge >= 0.3 is 0 Å². The van der Waals surface area contributed by atoms with Gasteiger partial charge in [-0.25, -0.2) is 4.52 Å². The third-order valence-electron chi connectivity index (χ3n) is 3.44. The predicted octanol–water partition coefficient (Wildman–Crippen LogP) is 4.15. The average molecular weight is 244 g/mol. The minimum Gasteiger partial charge on any atom is -0.240 e. The first-order chi connectivity index (χ1) is 9.42. The van der Waals surface area contributed by atoms with Crippen LogP contribution >= 0.6 is 0 Å². The highest BCUT2D eigenvalue weighted by Crippen LogP contribution is 2.24. The summed E-state index contributed by atoms with van der Waals surface area (Å²) in [5.41, 5.74) is 3.31. The van der Waals surface area contributed by atoms with Gasteiger partial charge in [0.2, 0.25) is 0 Å². The van der Waals surface area contributed by atoms with Crippen LogP contribution in [0.15, 0.2) is 72.9 Å². The lowest BCUT2D eigenvalue weighted by Gasteiger charge is -1.98. The van der Waals surface area contributed by atoms with E-state index in [0.29, 0.717) is 0 Å². The van der Waals surface area contributed by atoms with Crippen LogP contribution in [0.3, 0.4) is 0 Å². The standard InChI is InChI=1S/C17H12N2/c1-2-7-14(8-3-1)16-12-17-15-9-5-4-6-13(15)10-11-19(17)18-16/h1-12H. The van der Waals surface area contributed by atoms with Crippen molar-refractivity contribution in [2.24, 2.45) is 0 Å². The van der Waals surface area contributed by atoms with Crippen LogP contribution in [0.4, 0.5) is 0 Å². The molecular weight excluding hydrogens is 232 g/mol. The van der Waals surface area contributed by atoms with Gasteiger partial charge in [-0.1, -0.05) is 54.6 Å². The number of hydrogen-bond donors (Lipinski definition) is 0. The molecule has 2 heterocycles. The molecule has 90 valence electrons. The van der Waals surface area contributed by atoms with E-state index in [0.717, 1.165) is 16.8 Å². The molecule has 2 aromatic heterocycles. The van der Waals surface area contributed by atoms with Crippen LogP contribution in [-0.4, -0.2) is 9.61 Å². The molecule has 0 atom stereocenters. The molecule has 2 aromatic carbocycles. The highest BCUT2D eigenvalue weighted by molar-refractivity contribution is 5.96. The monoisotopic (exact) mass is 244 g/mol. The van der Waals surface area contributed by atoms with E-state index in [2.05, 4.69) is 53.6 Å². The fraction of sp³-hybridized carbons (Fsp3) is 0. The Kier molecular flexibility index (Phi) is 2.15. The Labute approximate surface area is 110 Å². The number of fused-ring (bicyclic) bond motifs is 3. The van der Waals surface area contributed by atoms with E-state index < -0.39 is 0 Å². The third kappa shape index (κ3) is 1.61. The minimum atomic E-state index is 1.01. The second-order valence-electron chi connectivity index (χ2n) is 4.63. The summed E-state index contributed by atoms with van der Waals surface area (Å²) in [6.07, 6.45) is 2.02. The van der Waals surface area contributed by atoms with Crippen LogP contribution < -0.4 is 0 Å². The summed E-state index contributed by atoms with van der Waals surface area (Å²) >= 11 is 0. The first-order valence-corrected chi connectivity index (χ1v) is 6.34. The Balaban J connectivity index is 2.04. The van der Waals surface area contributed by atoms with Gasteiger partial charge in [0.15, 0.2) is 0 Å². The van der Waals surface area contributed by atoms with Crippen molar-refractivity contribution >= 4 is 16.3 Å². The third-order valence-corrected chi connectivity index (χ3v) is 3.44. The lowest BCUT2D eigenvalue weighted by atomic mass is 10.1. The molecular formula is C17H12N2. The Morgan fingerprint density at radius 3 is 2.47 bits per heavy atom. The van der Waals surface area contributed by atoms with Gasteiger partial charge in [0.25, 0.3) is 0 Å². The summed E-state index contributed by atoms with van der Waals surface area (Å²) in [5, 5.41) is 7.13. The summed E-state index contributed by atoms with van der Waals surface area (Å²) in [6, 6.07) is 22.9. The van der Waals surface area contributed by atoms with Crippen molar-refractivity contribution in [3.8, 4) is 11.3 Å². The van der Waals surface area contributed by atoms with Crippen LogP contribution in [0.5, 0.6) is 0 Å². The minimum absolute atomic E-state index is 1.01. The number of pyridine rings is 1. The number of aromatic nitrogens is 2. The Morgan fingerprint density at radius 2 is 1.58 bits per heavy atom. The molecule has 4 rings (SSSR count). The molecule has 0 N–H and O–H groups in total. The molecule has 0 aliphatic carbocycles. The maximum Gasteiger partial charge on any atom is 0.0933 e. The largest absolute Gasteiger partial charge is 0.240 e. The lowest BCUT2D eigenvalue weighted by Crippen LogP contribution is -1.87. The number of rotatable bonds is 1. The van der Waals surface area contributed by atoms with Crippen molar-refractivity contribution in [2.45, 2.75) is 0 Å². The van der Waals surface area contributed by atoms with E-state index in [4.69, 9.17) is 0 Å². The highest BCUT2D eigenvalue weighted by Gasteiger charge is 2.06. The van der Waals surface area contributed by atoms with Crippen molar-refractivity contribution in [2.75, 3.05) is 0 Å². The summed E-state index contributed by atoms with van der Waals surface area (Å²) in [4.78, 5) is 0. The molecule has 0 bridgehead atoms. The maximum atomic E-state index is 4.65. The summed E-state index contributed by atoms with van der Waals surface area (Å²) in [6.45, 7) is 0. The van der Waals surface area contributed by atoms with Gasteiger partial charge in [-0.3, -0.25) is 0 Å². The molecule has 0 saturated heterocycles. The van der Waals surface area contributed by atoms with Gasteiger partial charge in [0, 0.05) is 17.1 Å². The van der Waals surface area contributed by atoms with Gasteiger partial charge < -0.3 is 0 Å². The highest BCUT2D eigenvalue weighted by atomic mass is 15.2. The second-order valence-corrected chi connectivity index (χ2v) is 4.63. The van der Waals surface area contributed by atoms with Gasteiger partial charge in [-0.2, -0.15) is 5.10 Å². The summed E-state index contributed by atoms with van der Waals surface area (Å²) in [5.74, 6) is 0. The molecule has 2 heteroatoms. The fourth-order valence-corrected chi connectivity index (χ4v) is 2.49. The van der Waals surface area contributed by atoms with Gasteiger partial charge in [0.05, 0.1) is 11.2 Å². The molecule has 0 amide bonds. The van der Waals surface area contributed by atoms with E-state index in [1.165, 1.54) is 10.8 Å². The Bertz CT molecular complexity index is 860. The van der Waals surface area contributed by atoms with Gasteiger partial charge in [0.1, 0.15) is 0 Å². The quantitative estimate of drug-likeness (QED) is 0.491. The molecule has 0 aliphatic rings. The van der Waals surface area contributed by atoms with Crippen molar-refractivity contribution < 1.29 is 0 Å². The van der Waals surface area contributed by atoms with Crippen LogP contribution in [-0.2, 0) is 0 Å². The first kappa shape index (κ1) is 10.3. The maximum absolute atomic E-state index is 4.65. The zero-order valence-electron chi connectivity index (χ0n) is 10.3. The summed E-state index contributed by atoms with van der Waals surface area (Å²) in [7, 11) is 0. The number of nitrogens with zero attached hydrogens (tertiary/aromatic N) is 2. The fourth-order valence-electron chi connectivity index (χ4n) is 2.49. The van der Waals surface area contributed by atoms with E-state index in [9.17, 15) is 0 Å². The Hall–Kier alpha value is -2.61. The second kappa shape index (κ2) is 3.95. The topological polar surface area (TPSA) is 17.3 Å². The molecule has 0 unspecified atom stereocenters. The first-order valence-electron chi connectivity index (χ1n) is 6.34. The van der Waals surface area contributed by atoms with Gasteiger partial charge in [-0.05, 0) is 17.5 Å².